The minimum atomic E-state index is -0.313. The van der Waals surface area contributed by atoms with Crippen LogP contribution < -0.4 is 0 Å². The zero-order valence-corrected chi connectivity index (χ0v) is 8.25. The summed E-state index contributed by atoms with van der Waals surface area (Å²) in [5.41, 5.74) is 0. The van der Waals surface area contributed by atoms with Gasteiger partial charge in [-0.05, 0) is 13.3 Å². The first-order valence-corrected chi connectivity index (χ1v) is 4.72. The zero-order valence-electron chi connectivity index (χ0n) is 8.25. The predicted molar refractivity (Wildman–Crippen MR) is 48.2 cm³/mol. The van der Waals surface area contributed by atoms with Crippen LogP contribution in [0.4, 0.5) is 0 Å². The van der Waals surface area contributed by atoms with Crippen LogP contribution in [0.15, 0.2) is 0 Å². The molecule has 1 N–H and O–H groups in total. The molecule has 1 aliphatic rings. The van der Waals surface area contributed by atoms with E-state index in [4.69, 9.17) is 9.47 Å². The summed E-state index contributed by atoms with van der Waals surface area (Å²) in [7, 11) is 0. The minimum Gasteiger partial charge on any atom is -0.390 e. The molecule has 0 saturated carbocycles. The molecular weight excluding hydrogens is 156 g/mol. The normalized spacial score (nSPS) is 28.0. The monoisotopic (exact) mass is 176 g/mol. The van der Waals surface area contributed by atoms with E-state index in [-0.39, 0.29) is 12.2 Å². The molecule has 12 heavy (non-hydrogen) atoms. The molecule has 0 spiro atoms. The van der Waals surface area contributed by atoms with E-state index in [9.17, 15) is 5.11 Å². The van der Waals surface area contributed by atoms with Crippen LogP contribution in [0.3, 0.4) is 0 Å². The molecule has 0 aliphatic carbocycles. The van der Waals surface area contributed by atoms with Gasteiger partial charge in [0.15, 0.2) is 0 Å². The van der Waals surface area contributed by atoms with Crippen LogP contribution >= 0.6 is 0 Å². The Morgan fingerprint density at radius 2 is 2.17 bits per heavy atom. The Hall–Kier alpha value is -0.120. The second-order valence-electron chi connectivity index (χ2n) is 2.42. The van der Waals surface area contributed by atoms with Gasteiger partial charge in [0.25, 0.3) is 0 Å². The van der Waals surface area contributed by atoms with Gasteiger partial charge in [-0.1, -0.05) is 13.8 Å². The van der Waals surface area contributed by atoms with Crippen molar-refractivity contribution >= 4 is 0 Å². The van der Waals surface area contributed by atoms with E-state index in [2.05, 4.69) is 0 Å². The lowest BCUT2D eigenvalue weighted by molar-refractivity contribution is -0.0210. The maximum absolute atomic E-state index is 9.21. The fourth-order valence-electron chi connectivity index (χ4n) is 1.03. The van der Waals surface area contributed by atoms with Crippen molar-refractivity contribution in [2.75, 3.05) is 19.8 Å². The molecule has 1 aliphatic heterocycles. The van der Waals surface area contributed by atoms with Crippen molar-refractivity contribution in [1.29, 1.82) is 0 Å². The fourth-order valence-corrected chi connectivity index (χ4v) is 1.03. The summed E-state index contributed by atoms with van der Waals surface area (Å²) in [5.74, 6) is 0. The van der Waals surface area contributed by atoms with Gasteiger partial charge in [-0.2, -0.15) is 0 Å². The summed E-state index contributed by atoms with van der Waals surface area (Å²) >= 11 is 0. The number of hydrogen-bond donors (Lipinski definition) is 1. The molecule has 0 amide bonds. The van der Waals surface area contributed by atoms with Gasteiger partial charge < -0.3 is 14.6 Å². The molecule has 0 aromatic rings. The van der Waals surface area contributed by atoms with Gasteiger partial charge in [0, 0.05) is 13.2 Å². The van der Waals surface area contributed by atoms with Crippen LogP contribution in [0.25, 0.3) is 0 Å². The molecule has 1 heterocycles. The summed E-state index contributed by atoms with van der Waals surface area (Å²) in [6, 6.07) is 0. The smallest absolute Gasteiger partial charge is 0.107 e. The number of aliphatic hydroxyl groups is 1. The first-order valence-electron chi connectivity index (χ1n) is 4.72. The first kappa shape index (κ1) is 11.9. The summed E-state index contributed by atoms with van der Waals surface area (Å²) in [6.07, 6.45) is 0.351. The average molecular weight is 176 g/mol. The van der Waals surface area contributed by atoms with Crippen LogP contribution in [0.5, 0.6) is 0 Å². The molecule has 1 fully saturated rings. The lowest BCUT2D eigenvalue weighted by Gasteiger charge is -2.12. The van der Waals surface area contributed by atoms with Crippen molar-refractivity contribution in [3.63, 3.8) is 0 Å². The molecule has 0 radical (unpaired) electrons. The van der Waals surface area contributed by atoms with Crippen molar-refractivity contribution in [2.45, 2.75) is 39.4 Å². The Balaban J connectivity index is 0.000000561. The van der Waals surface area contributed by atoms with Crippen molar-refractivity contribution in [1.82, 2.24) is 0 Å². The molecule has 1 rings (SSSR count). The van der Waals surface area contributed by atoms with E-state index in [0.29, 0.717) is 19.8 Å². The molecule has 0 aromatic heterocycles. The molecule has 3 heteroatoms. The molecule has 2 unspecified atom stereocenters. The molecule has 0 bridgehead atoms. The summed E-state index contributed by atoms with van der Waals surface area (Å²) in [4.78, 5) is 0. The number of ether oxygens (including phenoxy) is 2. The minimum absolute atomic E-state index is 0.0834. The topological polar surface area (TPSA) is 38.7 Å². The Morgan fingerprint density at radius 3 is 2.58 bits per heavy atom. The van der Waals surface area contributed by atoms with Crippen molar-refractivity contribution < 1.29 is 14.6 Å². The third kappa shape index (κ3) is 4.04. The highest BCUT2D eigenvalue weighted by atomic mass is 16.5. The fraction of sp³-hybridized carbons (Fsp3) is 1.00. The summed E-state index contributed by atoms with van der Waals surface area (Å²) in [5, 5.41) is 9.21. The van der Waals surface area contributed by atoms with Gasteiger partial charge in [0.05, 0.1) is 12.7 Å². The second kappa shape index (κ2) is 7.53. The van der Waals surface area contributed by atoms with Gasteiger partial charge >= 0.3 is 0 Å². The van der Waals surface area contributed by atoms with E-state index in [1.54, 1.807) is 0 Å². The van der Waals surface area contributed by atoms with E-state index in [0.717, 1.165) is 6.42 Å². The van der Waals surface area contributed by atoms with Gasteiger partial charge in [-0.25, -0.2) is 0 Å². The Bertz CT molecular complexity index is 95.8. The summed E-state index contributed by atoms with van der Waals surface area (Å²) < 4.78 is 10.3. The second-order valence-corrected chi connectivity index (χ2v) is 2.42. The number of hydrogen-bond acceptors (Lipinski definition) is 3. The third-order valence-corrected chi connectivity index (χ3v) is 1.66. The number of rotatable bonds is 3. The van der Waals surface area contributed by atoms with E-state index in [1.165, 1.54) is 0 Å². The predicted octanol–water partition coefficient (Wildman–Crippen LogP) is 1.20. The first-order chi connectivity index (χ1) is 5.84. The van der Waals surface area contributed by atoms with Crippen molar-refractivity contribution in [3.05, 3.63) is 0 Å². The van der Waals surface area contributed by atoms with Crippen molar-refractivity contribution in [2.24, 2.45) is 0 Å². The van der Waals surface area contributed by atoms with Crippen LogP contribution in [0.1, 0.15) is 27.2 Å². The van der Waals surface area contributed by atoms with E-state index in [1.807, 2.05) is 20.8 Å². The zero-order chi connectivity index (χ0) is 9.40. The quantitative estimate of drug-likeness (QED) is 0.702. The molecule has 2 atom stereocenters. The molecule has 1 saturated heterocycles. The largest absolute Gasteiger partial charge is 0.390 e. The van der Waals surface area contributed by atoms with Crippen LogP contribution in [-0.2, 0) is 9.47 Å². The van der Waals surface area contributed by atoms with Gasteiger partial charge in [0.2, 0.25) is 0 Å². The standard InChI is InChI=1S/C7H14O3.C2H6/c1-2-9-5-7-6(8)3-4-10-7;1-2/h6-8H,2-5H2,1H3;1-2H3. The highest BCUT2D eigenvalue weighted by molar-refractivity contribution is 4.74. The Morgan fingerprint density at radius 1 is 1.50 bits per heavy atom. The Labute approximate surface area is 74.7 Å². The van der Waals surface area contributed by atoms with Crippen LogP contribution in [0, 0.1) is 0 Å². The van der Waals surface area contributed by atoms with E-state index < -0.39 is 0 Å². The molecule has 0 aromatic carbocycles. The van der Waals surface area contributed by atoms with E-state index >= 15 is 0 Å². The average Bonchev–Trinajstić information content (AvgIpc) is 2.51. The molecule has 3 nitrogen and oxygen atoms in total. The maximum Gasteiger partial charge on any atom is 0.107 e. The summed E-state index contributed by atoms with van der Waals surface area (Å²) in [6.45, 7) is 7.81. The number of aliphatic hydroxyl groups excluding tert-OH is 1. The molecular formula is C9H20O3. The van der Waals surface area contributed by atoms with Gasteiger partial charge in [-0.15, -0.1) is 0 Å². The molecule has 74 valence electrons. The highest BCUT2D eigenvalue weighted by Crippen LogP contribution is 2.12. The van der Waals surface area contributed by atoms with Crippen LogP contribution in [-0.4, -0.2) is 37.1 Å². The van der Waals surface area contributed by atoms with Gasteiger partial charge in [0.1, 0.15) is 6.10 Å². The third-order valence-electron chi connectivity index (χ3n) is 1.66. The Kier molecular flexibility index (Phi) is 7.45. The lowest BCUT2D eigenvalue weighted by Crippen LogP contribution is -2.26. The highest BCUT2D eigenvalue weighted by Gasteiger charge is 2.25. The van der Waals surface area contributed by atoms with Crippen LogP contribution in [0.2, 0.25) is 0 Å². The SMILES string of the molecule is CC.CCOCC1OCCC1O. The lowest BCUT2D eigenvalue weighted by atomic mass is 10.2. The van der Waals surface area contributed by atoms with Crippen molar-refractivity contribution in [3.8, 4) is 0 Å². The maximum atomic E-state index is 9.21. The van der Waals surface area contributed by atoms with Gasteiger partial charge in [-0.3, -0.25) is 0 Å².